The van der Waals surface area contributed by atoms with E-state index in [1.807, 2.05) is 35.0 Å². The van der Waals surface area contributed by atoms with Gasteiger partial charge in [-0.1, -0.05) is 18.2 Å². The van der Waals surface area contributed by atoms with Crippen LogP contribution in [0.25, 0.3) is 23.4 Å². The molecule has 1 aliphatic heterocycles. The quantitative estimate of drug-likeness (QED) is 0.345. The summed E-state index contributed by atoms with van der Waals surface area (Å²) >= 11 is 0. The summed E-state index contributed by atoms with van der Waals surface area (Å²) in [4.78, 5) is 13.9. The van der Waals surface area contributed by atoms with Crippen molar-refractivity contribution in [3.63, 3.8) is 0 Å². The summed E-state index contributed by atoms with van der Waals surface area (Å²) < 4.78 is 25.8. The van der Waals surface area contributed by atoms with Crippen LogP contribution in [-0.4, -0.2) is 52.2 Å². The van der Waals surface area contributed by atoms with Gasteiger partial charge in [0, 0.05) is 23.6 Å². The normalized spacial score (nSPS) is 16.2. The number of nitrogens with one attached hydrogen (secondary N) is 1. The summed E-state index contributed by atoms with van der Waals surface area (Å²) in [5, 5.41) is 4.17. The summed E-state index contributed by atoms with van der Waals surface area (Å²) in [7, 11) is -2.33. The summed E-state index contributed by atoms with van der Waals surface area (Å²) in [6, 6.07) is 14.1. The van der Waals surface area contributed by atoms with Gasteiger partial charge in [0.25, 0.3) is 0 Å². The molecule has 0 amide bonds. The summed E-state index contributed by atoms with van der Waals surface area (Å²) in [5.74, 6) is 0.539. The van der Waals surface area contributed by atoms with E-state index in [0.717, 1.165) is 23.0 Å². The van der Waals surface area contributed by atoms with E-state index in [-0.39, 0.29) is 12.1 Å². The number of ether oxygens (including phenoxy) is 2. The number of anilines is 2. The van der Waals surface area contributed by atoms with Gasteiger partial charge in [-0.3, -0.25) is 4.57 Å². The standard InChI is InChI=1S/C27H30N5O3P/c1-18-6-5-7-19(2)23(18)12-14-32-17-28-24-25(29-20-8-10-22(11-9-20)36(3,4)33)30-27(31-26(24)32)35-21-13-15-34-16-21/h5-12,14,17,21H,13,15-16H2,1-4H3,(H,29,30,31)/b14-12+. The number of aryl methyl sites for hydroxylation is 2. The topological polar surface area (TPSA) is 91.2 Å². The van der Waals surface area contributed by atoms with Crippen molar-refractivity contribution in [3.05, 3.63) is 65.5 Å². The van der Waals surface area contributed by atoms with Gasteiger partial charge in [-0.2, -0.15) is 9.97 Å². The van der Waals surface area contributed by atoms with Gasteiger partial charge in [-0.25, -0.2) is 4.98 Å². The Morgan fingerprint density at radius 1 is 1.11 bits per heavy atom. The minimum atomic E-state index is -2.33. The van der Waals surface area contributed by atoms with Crippen LogP contribution in [0.4, 0.5) is 11.5 Å². The lowest BCUT2D eigenvalue weighted by Crippen LogP contribution is -2.17. The van der Waals surface area contributed by atoms with Crippen LogP contribution in [0.15, 0.2) is 48.8 Å². The molecule has 0 aliphatic carbocycles. The molecule has 3 heterocycles. The van der Waals surface area contributed by atoms with Crippen molar-refractivity contribution in [1.82, 2.24) is 19.5 Å². The first kappa shape index (κ1) is 24.2. The minimum absolute atomic E-state index is 0.0839. The molecule has 1 fully saturated rings. The first-order valence-electron chi connectivity index (χ1n) is 11.9. The molecule has 0 saturated carbocycles. The van der Waals surface area contributed by atoms with Crippen molar-refractivity contribution in [2.75, 3.05) is 31.9 Å². The molecule has 0 radical (unpaired) electrons. The number of hydrogen-bond donors (Lipinski definition) is 1. The average Bonchev–Trinajstić information content (AvgIpc) is 3.49. The molecule has 1 aliphatic rings. The molecule has 1 atom stereocenters. The third-order valence-electron chi connectivity index (χ3n) is 6.26. The molecule has 2 aromatic heterocycles. The molecule has 1 unspecified atom stereocenters. The molecule has 0 spiro atoms. The molecule has 186 valence electrons. The smallest absolute Gasteiger partial charge is 0.320 e. The second kappa shape index (κ2) is 9.88. The van der Waals surface area contributed by atoms with E-state index >= 15 is 0 Å². The van der Waals surface area contributed by atoms with Crippen LogP contribution in [0, 0.1) is 13.8 Å². The zero-order valence-electron chi connectivity index (χ0n) is 20.9. The minimum Gasteiger partial charge on any atom is -0.457 e. The molecule has 9 heteroatoms. The maximum Gasteiger partial charge on any atom is 0.320 e. The highest BCUT2D eigenvalue weighted by atomic mass is 31.2. The lowest BCUT2D eigenvalue weighted by molar-refractivity contribution is 0.134. The van der Waals surface area contributed by atoms with Crippen molar-refractivity contribution < 1.29 is 14.0 Å². The van der Waals surface area contributed by atoms with Gasteiger partial charge in [-0.15, -0.1) is 0 Å². The van der Waals surface area contributed by atoms with Crippen LogP contribution in [0.3, 0.4) is 0 Å². The molecule has 2 aromatic carbocycles. The second-order valence-corrected chi connectivity index (χ2v) is 12.6. The number of hydrogen-bond acceptors (Lipinski definition) is 7. The van der Waals surface area contributed by atoms with Gasteiger partial charge < -0.3 is 19.4 Å². The Balaban J connectivity index is 1.53. The number of rotatable bonds is 7. The molecular weight excluding hydrogens is 473 g/mol. The third kappa shape index (κ3) is 5.20. The monoisotopic (exact) mass is 503 g/mol. The highest BCUT2D eigenvalue weighted by molar-refractivity contribution is 7.70. The summed E-state index contributed by atoms with van der Waals surface area (Å²) in [6.45, 7) is 8.90. The van der Waals surface area contributed by atoms with Crippen LogP contribution in [0.2, 0.25) is 0 Å². The molecule has 4 aromatic rings. The zero-order valence-corrected chi connectivity index (χ0v) is 21.8. The lowest BCUT2D eigenvalue weighted by atomic mass is 10.0. The Morgan fingerprint density at radius 3 is 2.53 bits per heavy atom. The molecule has 36 heavy (non-hydrogen) atoms. The Hall–Kier alpha value is -3.48. The first-order valence-corrected chi connectivity index (χ1v) is 14.5. The van der Waals surface area contributed by atoms with Gasteiger partial charge in [0.15, 0.2) is 17.0 Å². The Bertz CT molecular complexity index is 1450. The van der Waals surface area contributed by atoms with Crippen molar-refractivity contribution in [2.24, 2.45) is 0 Å². The molecule has 5 rings (SSSR count). The SMILES string of the molecule is Cc1cccc(C)c1/C=C/n1cnc2c(Nc3ccc(P(C)(C)=O)cc3)nc(OC3CCOC3)nc21. The molecule has 8 nitrogen and oxygen atoms in total. The number of imidazole rings is 1. The Morgan fingerprint density at radius 2 is 1.86 bits per heavy atom. The zero-order chi connectivity index (χ0) is 25.3. The van der Waals surface area contributed by atoms with Crippen LogP contribution in [0.5, 0.6) is 6.01 Å². The van der Waals surface area contributed by atoms with E-state index in [0.29, 0.717) is 30.2 Å². The molecular formula is C27H30N5O3P. The van der Waals surface area contributed by atoms with Gasteiger partial charge in [0.1, 0.15) is 19.6 Å². The third-order valence-corrected chi connectivity index (χ3v) is 7.80. The van der Waals surface area contributed by atoms with Crippen molar-refractivity contribution in [2.45, 2.75) is 26.4 Å². The van der Waals surface area contributed by atoms with E-state index < -0.39 is 7.14 Å². The Kier molecular flexibility index (Phi) is 6.65. The number of fused-ring (bicyclic) bond motifs is 1. The first-order chi connectivity index (χ1) is 17.3. The lowest BCUT2D eigenvalue weighted by Gasteiger charge is -2.13. The molecule has 0 bridgehead atoms. The maximum absolute atomic E-state index is 12.4. The van der Waals surface area contributed by atoms with Crippen LogP contribution in [-0.2, 0) is 9.30 Å². The van der Waals surface area contributed by atoms with E-state index in [9.17, 15) is 4.57 Å². The van der Waals surface area contributed by atoms with Crippen molar-refractivity contribution in [1.29, 1.82) is 0 Å². The van der Waals surface area contributed by atoms with E-state index in [2.05, 4.69) is 58.4 Å². The van der Waals surface area contributed by atoms with Gasteiger partial charge in [0.2, 0.25) is 0 Å². The predicted octanol–water partition coefficient (Wildman–Crippen LogP) is 5.23. The van der Waals surface area contributed by atoms with Crippen LogP contribution in [0.1, 0.15) is 23.1 Å². The van der Waals surface area contributed by atoms with E-state index in [4.69, 9.17) is 9.47 Å². The molecule has 1 saturated heterocycles. The van der Waals surface area contributed by atoms with E-state index in [1.54, 1.807) is 19.7 Å². The maximum atomic E-state index is 12.4. The number of aromatic nitrogens is 4. The average molecular weight is 504 g/mol. The van der Waals surface area contributed by atoms with E-state index in [1.165, 1.54) is 11.1 Å². The predicted molar refractivity (Wildman–Crippen MR) is 145 cm³/mol. The fraction of sp³-hybridized carbons (Fsp3) is 0.296. The largest absolute Gasteiger partial charge is 0.457 e. The summed E-state index contributed by atoms with van der Waals surface area (Å²) in [6.07, 6.45) is 6.47. The van der Waals surface area contributed by atoms with Gasteiger partial charge >= 0.3 is 6.01 Å². The molecule has 1 N–H and O–H groups in total. The number of nitrogens with zero attached hydrogens (tertiary/aromatic N) is 4. The number of benzene rings is 2. The van der Waals surface area contributed by atoms with Crippen LogP contribution >= 0.6 is 7.14 Å². The highest BCUT2D eigenvalue weighted by Crippen LogP contribution is 2.35. The van der Waals surface area contributed by atoms with Gasteiger partial charge in [-0.05, 0) is 74.2 Å². The highest BCUT2D eigenvalue weighted by Gasteiger charge is 2.21. The summed E-state index contributed by atoms with van der Waals surface area (Å²) in [5.41, 5.74) is 5.62. The van der Waals surface area contributed by atoms with Crippen molar-refractivity contribution in [3.8, 4) is 6.01 Å². The Labute approximate surface area is 210 Å². The fourth-order valence-electron chi connectivity index (χ4n) is 4.19. The van der Waals surface area contributed by atoms with Crippen LogP contribution < -0.4 is 15.4 Å². The van der Waals surface area contributed by atoms with Crippen molar-refractivity contribution >= 4 is 47.4 Å². The van der Waals surface area contributed by atoms with Gasteiger partial charge in [0.05, 0.1) is 13.2 Å². The second-order valence-electron chi connectivity index (χ2n) is 9.43. The fourth-order valence-corrected chi connectivity index (χ4v) is 5.05.